The first-order chi connectivity index (χ1) is 13.6. The Bertz CT molecular complexity index is 1090. The number of rotatable bonds is 6. The van der Waals surface area contributed by atoms with Crippen LogP contribution in [0.5, 0.6) is 5.75 Å². The molecular formula is C20H17FN4OS2. The van der Waals surface area contributed by atoms with E-state index < -0.39 is 0 Å². The lowest BCUT2D eigenvalue weighted by molar-refractivity contribution is 0.415. The molecule has 0 atom stereocenters. The smallest absolute Gasteiger partial charge is 0.191 e. The predicted molar refractivity (Wildman–Crippen MR) is 110 cm³/mol. The van der Waals surface area contributed by atoms with Gasteiger partial charge in [0.2, 0.25) is 0 Å². The Morgan fingerprint density at radius 2 is 1.93 bits per heavy atom. The SMILES string of the molecule is COc1cccc(-c2nc(CSc3nnc(-c4ccc(F)cc4)n3C)cs2)c1. The molecule has 2 aromatic heterocycles. The van der Waals surface area contributed by atoms with E-state index >= 15 is 0 Å². The fourth-order valence-electron chi connectivity index (χ4n) is 2.69. The molecule has 4 rings (SSSR count). The van der Waals surface area contributed by atoms with Gasteiger partial charge in [0, 0.05) is 29.3 Å². The van der Waals surface area contributed by atoms with Crippen molar-refractivity contribution in [3.05, 3.63) is 65.4 Å². The van der Waals surface area contributed by atoms with Crippen LogP contribution in [-0.4, -0.2) is 26.9 Å². The van der Waals surface area contributed by atoms with Crippen molar-refractivity contribution in [2.75, 3.05) is 7.11 Å². The maximum atomic E-state index is 13.1. The second-order valence-electron chi connectivity index (χ2n) is 6.04. The third-order valence-electron chi connectivity index (χ3n) is 4.15. The van der Waals surface area contributed by atoms with Gasteiger partial charge in [-0.3, -0.25) is 0 Å². The number of halogens is 1. The summed E-state index contributed by atoms with van der Waals surface area (Å²) in [5.74, 6) is 1.94. The van der Waals surface area contributed by atoms with Crippen LogP contribution >= 0.6 is 23.1 Å². The second-order valence-corrected chi connectivity index (χ2v) is 7.84. The molecule has 0 unspecified atom stereocenters. The maximum absolute atomic E-state index is 13.1. The van der Waals surface area contributed by atoms with Gasteiger partial charge in [0.05, 0.1) is 12.8 Å². The Hall–Kier alpha value is -2.71. The van der Waals surface area contributed by atoms with E-state index in [1.54, 1.807) is 42.3 Å². The number of benzene rings is 2. The van der Waals surface area contributed by atoms with E-state index in [2.05, 4.69) is 15.6 Å². The number of aromatic nitrogens is 4. The van der Waals surface area contributed by atoms with Gasteiger partial charge in [-0.1, -0.05) is 23.9 Å². The van der Waals surface area contributed by atoms with Gasteiger partial charge in [0.15, 0.2) is 11.0 Å². The largest absolute Gasteiger partial charge is 0.497 e. The Kier molecular flexibility index (Phi) is 5.40. The summed E-state index contributed by atoms with van der Waals surface area (Å²) in [6, 6.07) is 14.1. The number of nitrogens with zero attached hydrogens (tertiary/aromatic N) is 4. The number of thiazole rings is 1. The zero-order chi connectivity index (χ0) is 19.5. The van der Waals surface area contributed by atoms with Crippen molar-refractivity contribution in [3.8, 4) is 27.7 Å². The van der Waals surface area contributed by atoms with E-state index in [0.717, 1.165) is 32.7 Å². The number of thioether (sulfide) groups is 1. The average Bonchev–Trinajstić information content (AvgIpc) is 3.34. The number of hydrogen-bond acceptors (Lipinski definition) is 6. The number of hydrogen-bond donors (Lipinski definition) is 0. The zero-order valence-electron chi connectivity index (χ0n) is 15.3. The van der Waals surface area contributed by atoms with Crippen LogP contribution in [0, 0.1) is 5.82 Å². The van der Waals surface area contributed by atoms with Crippen LogP contribution in [0.1, 0.15) is 5.69 Å². The molecule has 2 heterocycles. The van der Waals surface area contributed by atoms with E-state index in [4.69, 9.17) is 9.72 Å². The van der Waals surface area contributed by atoms with Gasteiger partial charge in [-0.2, -0.15) is 0 Å². The van der Waals surface area contributed by atoms with E-state index in [0.29, 0.717) is 11.6 Å². The van der Waals surface area contributed by atoms with Gasteiger partial charge in [0.1, 0.15) is 16.6 Å². The van der Waals surface area contributed by atoms with Crippen LogP contribution < -0.4 is 4.74 Å². The molecule has 0 fully saturated rings. The molecule has 5 nitrogen and oxygen atoms in total. The summed E-state index contributed by atoms with van der Waals surface area (Å²) in [4.78, 5) is 4.72. The Balaban J connectivity index is 1.47. The summed E-state index contributed by atoms with van der Waals surface area (Å²) in [5, 5.41) is 12.3. The highest BCUT2D eigenvalue weighted by Crippen LogP contribution is 2.30. The van der Waals surface area contributed by atoms with Crippen LogP contribution in [0.25, 0.3) is 22.0 Å². The normalized spacial score (nSPS) is 11.0. The van der Waals surface area contributed by atoms with Gasteiger partial charge < -0.3 is 9.30 Å². The van der Waals surface area contributed by atoms with Gasteiger partial charge in [-0.15, -0.1) is 21.5 Å². The van der Waals surface area contributed by atoms with E-state index in [9.17, 15) is 4.39 Å². The lowest BCUT2D eigenvalue weighted by Crippen LogP contribution is -1.95. The molecule has 0 bridgehead atoms. The summed E-state index contributed by atoms with van der Waals surface area (Å²) < 4.78 is 20.3. The molecule has 0 amide bonds. The highest BCUT2D eigenvalue weighted by molar-refractivity contribution is 7.98. The first-order valence-corrected chi connectivity index (χ1v) is 10.4. The summed E-state index contributed by atoms with van der Waals surface area (Å²) >= 11 is 3.18. The summed E-state index contributed by atoms with van der Waals surface area (Å²) in [6.07, 6.45) is 0. The van der Waals surface area contributed by atoms with Crippen molar-refractivity contribution in [1.29, 1.82) is 0 Å². The molecule has 142 valence electrons. The van der Waals surface area contributed by atoms with Crippen molar-refractivity contribution < 1.29 is 9.13 Å². The van der Waals surface area contributed by atoms with Gasteiger partial charge in [-0.25, -0.2) is 9.37 Å². The first-order valence-electron chi connectivity index (χ1n) is 8.51. The molecule has 0 spiro atoms. The minimum atomic E-state index is -0.268. The van der Waals surface area contributed by atoms with Crippen LogP contribution in [0.15, 0.2) is 59.1 Å². The molecule has 0 aliphatic rings. The molecule has 2 aromatic carbocycles. The van der Waals surface area contributed by atoms with E-state index in [-0.39, 0.29) is 5.82 Å². The van der Waals surface area contributed by atoms with Crippen LogP contribution in [0.4, 0.5) is 4.39 Å². The zero-order valence-corrected chi connectivity index (χ0v) is 16.9. The lowest BCUT2D eigenvalue weighted by atomic mass is 10.2. The number of ether oxygens (including phenoxy) is 1. The molecular weight excluding hydrogens is 395 g/mol. The van der Waals surface area contributed by atoms with E-state index in [1.807, 2.05) is 35.9 Å². The Morgan fingerprint density at radius 1 is 1.11 bits per heavy atom. The molecule has 0 saturated heterocycles. The van der Waals surface area contributed by atoms with Gasteiger partial charge in [0.25, 0.3) is 0 Å². The van der Waals surface area contributed by atoms with Crippen LogP contribution in [0.3, 0.4) is 0 Å². The molecule has 4 aromatic rings. The predicted octanol–water partition coefficient (Wildman–Crippen LogP) is 5.05. The van der Waals surface area contributed by atoms with Crippen LogP contribution in [0.2, 0.25) is 0 Å². The minimum absolute atomic E-state index is 0.268. The Labute approximate surface area is 170 Å². The van der Waals surface area contributed by atoms with Crippen LogP contribution in [-0.2, 0) is 12.8 Å². The first kappa shape index (κ1) is 18.6. The van der Waals surface area contributed by atoms with Crippen molar-refractivity contribution in [3.63, 3.8) is 0 Å². The standard InChI is InChI=1S/C20H17FN4OS2/c1-25-18(13-6-8-15(21)9-7-13)23-24-20(25)28-12-16-11-27-19(22-16)14-4-3-5-17(10-14)26-2/h3-11H,12H2,1-2H3. The molecule has 0 aliphatic carbocycles. The summed E-state index contributed by atoms with van der Waals surface area (Å²) in [6.45, 7) is 0. The van der Waals surface area contributed by atoms with Crippen molar-refractivity contribution in [2.24, 2.45) is 7.05 Å². The molecule has 0 radical (unpaired) electrons. The summed E-state index contributed by atoms with van der Waals surface area (Å²) in [5.41, 5.74) is 2.86. The van der Waals surface area contributed by atoms with Gasteiger partial charge in [-0.05, 0) is 36.4 Å². The Morgan fingerprint density at radius 3 is 2.71 bits per heavy atom. The van der Waals surface area contributed by atoms with E-state index in [1.165, 1.54) is 12.1 Å². The monoisotopic (exact) mass is 412 g/mol. The topological polar surface area (TPSA) is 52.8 Å². The second kappa shape index (κ2) is 8.12. The van der Waals surface area contributed by atoms with Crippen molar-refractivity contribution in [1.82, 2.24) is 19.7 Å². The molecule has 8 heteroatoms. The van der Waals surface area contributed by atoms with Crippen molar-refractivity contribution >= 4 is 23.1 Å². The quantitative estimate of drug-likeness (QED) is 0.415. The third-order valence-corrected chi connectivity index (χ3v) is 6.15. The molecule has 0 saturated carbocycles. The summed E-state index contributed by atoms with van der Waals surface area (Å²) in [7, 11) is 3.56. The minimum Gasteiger partial charge on any atom is -0.497 e. The average molecular weight is 413 g/mol. The highest BCUT2D eigenvalue weighted by Gasteiger charge is 2.13. The molecule has 0 N–H and O–H groups in total. The maximum Gasteiger partial charge on any atom is 0.191 e. The number of methoxy groups -OCH3 is 1. The molecule has 0 aliphatic heterocycles. The van der Waals surface area contributed by atoms with Crippen molar-refractivity contribution in [2.45, 2.75) is 10.9 Å². The highest BCUT2D eigenvalue weighted by atomic mass is 32.2. The molecule has 28 heavy (non-hydrogen) atoms. The lowest BCUT2D eigenvalue weighted by Gasteiger charge is -2.03. The van der Waals surface area contributed by atoms with Gasteiger partial charge >= 0.3 is 0 Å². The fourth-order valence-corrected chi connectivity index (χ4v) is 4.42. The third kappa shape index (κ3) is 3.93. The fraction of sp³-hybridized carbons (Fsp3) is 0.150.